The Morgan fingerprint density at radius 2 is 1.87 bits per heavy atom. The first kappa shape index (κ1) is 16.6. The van der Waals surface area contributed by atoms with Gasteiger partial charge < -0.3 is 10.4 Å². The molecule has 0 saturated heterocycles. The van der Waals surface area contributed by atoms with Crippen LogP contribution in [0.5, 0.6) is 0 Å². The van der Waals surface area contributed by atoms with E-state index in [1.165, 1.54) is 6.07 Å². The van der Waals surface area contributed by atoms with E-state index >= 15 is 0 Å². The van der Waals surface area contributed by atoms with E-state index in [9.17, 15) is 23.1 Å². The minimum Gasteiger partial charge on any atom is -0.505 e. The van der Waals surface area contributed by atoms with E-state index in [4.69, 9.17) is 5.26 Å². The van der Waals surface area contributed by atoms with Gasteiger partial charge in [0.2, 0.25) is 0 Å². The van der Waals surface area contributed by atoms with Crippen molar-refractivity contribution in [3.8, 4) is 6.07 Å². The van der Waals surface area contributed by atoms with Crippen LogP contribution in [-0.4, -0.2) is 11.0 Å². The van der Waals surface area contributed by atoms with E-state index < -0.39 is 29.0 Å². The van der Waals surface area contributed by atoms with Crippen LogP contribution in [0, 0.1) is 11.3 Å². The summed E-state index contributed by atoms with van der Waals surface area (Å²) in [7, 11) is 0. The number of carbonyl (C=O) groups excluding carboxylic acids is 1. The molecular formula is C15H9F3N2O2S. The lowest BCUT2D eigenvalue weighted by Gasteiger charge is -2.09. The number of aliphatic hydroxyl groups is 1. The average Bonchev–Trinajstić information content (AvgIpc) is 3.01. The standard InChI is InChI=1S/C15H9F3N2O2S/c16-15(17,18)9-3-5-10(6-4-9)20-14(22)11(8-19)13(21)12-2-1-7-23-12/h1-7,21H,(H,20,22). The van der Waals surface area contributed by atoms with Crippen molar-refractivity contribution in [1.82, 2.24) is 0 Å². The minimum absolute atomic E-state index is 0.0785. The zero-order valence-corrected chi connectivity index (χ0v) is 12.2. The first-order chi connectivity index (χ1) is 10.8. The number of aliphatic hydroxyl groups excluding tert-OH is 1. The molecule has 0 aliphatic heterocycles. The largest absolute Gasteiger partial charge is 0.505 e. The van der Waals surface area contributed by atoms with E-state index in [0.29, 0.717) is 4.88 Å². The summed E-state index contributed by atoms with van der Waals surface area (Å²) < 4.78 is 37.4. The second-order valence-electron chi connectivity index (χ2n) is 4.34. The van der Waals surface area contributed by atoms with Crippen LogP contribution in [0.3, 0.4) is 0 Å². The van der Waals surface area contributed by atoms with Gasteiger partial charge in [-0.1, -0.05) is 6.07 Å². The molecular weight excluding hydrogens is 329 g/mol. The molecule has 0 spiro atoms. The molecule has 1 aromatic carbocycles. The molecule has 2 N–H and O–H groups in total. The number of benzene rings is 1. The van der Waals surface area contributed by atoms with Crippen molar-refractivity contribution >= 4 is 28.7 Å². The van der Waals surface area contributed by atoms with Gasteiger partial charge in [-0.3, -0.25) is 4.79 Å². The summed E-state index contributed by atoms with van der Waals surface area (Å²) in [5.41, 5.74) is -1.30. The van der Waals surface area contributed by atoms with Crippen LogP contribution in [0.25, 0.3) is 5.76 Å². The lowest BCUT2D eigenvalue weighted by atomic mass is 10.1. The van der Waals surface area contributed by atoms with E-state index in [0.717, 1.165) is 35.6 Å². The maximum absolute atomic E-state index is 12.5. The molecule has 1 heterocycles. The monoisotopic (exact) mass is 338 g/mol. The van der Waals surface area contributed by atoms with Gasteiger partial charge in [0.25, 0.3) is 5.91 Å². The number of carbonyl (C=O) groups is 1. The Labute approximate surface area is 133 Å². The van der Waals surface area contributed by atoms with Crippen molar-refractivity contribution in [2.45, 2.75) is 6.18 Å². The Morgan fingerprint density at radius 1 is 1.22 bits per heavy atom. The Bertz CT molecular complexity index is 773. The molecule has 0 atom stereocenters. The number of anilines is 1. The van der Waals surface area contributed by atoms with Gasteiger partial charge in [-0.25, -0.2) is 0 Å². The SMILES string of the molecule is N#CC(C(=O)Nc1ccc(C(F)(F)F)cc1)=C(O)c1cccs1. The molecule has 2 rings (SSSR count). The summed E-state index contributed by atoms with van der Waals surface area (Å²) in [6.07, 6.45) is -4.47. The maximum Gasteiger partial charge on any atom is 0.416 e. The van der Waals surface area contributed by atoms with Crippen molar-refractivity contribution in [3.05, 3.63) is 57.8 Å². The van der Waals surface area contributed by atoms with E-state index in [1.54, 1.807) is 17.5 Å². The zero-order valence-electron chi connectivity index (χ0n) is 11.4. The van der Waals surface area contributed by atoms with Gasteiger partial charge in [0.05, 0.1) is 10.4 Å². The smallest absolute Gasteiger partial charge is 0.416 e. The van der Waals surface area contributed by atoms with Crippen LogP contribution in [0.1, 0.15) is 10.4 Å². The number of hydrogen-bond acceptors (Lipinski definition) is 4. The first-order valence-electron chi connectivity index (χ1n) is 6.18. The van der Waals surface area contributed by atoms with Gasteiger partial charge in [0, 0.05) is 5.69 Å². The normalized spacial score (nSPS) is 12.3. The molecule has 0 aliphatic carbocycles. The van der Waals surface area contributed by atoms with Crippen molar-refractivity contribution in [2.24, 2.45) is 0 Å². The van der Waals surface area contributed by atoms with Gasteiger partial charge in [0.15, 0.2) is 11.3 Å². The summed E-state index contributed by atoms with van der Waals surface area (Å²) in [5.74, 6) is -1.38. The van der Waals surface area contributed by atoms with E-state index in [2.05, 4.69) is 5.32 Å². The van der Waals surface area contributed by atoms with E-state index in [1.807, 2.05) is 0 Å². The van der Waals surface area contributed by atoms with Crippen LogP contribution in [0.4, 0.5) is 18.9 Å². The number of hydrogen-bond donors (Lipinski definition) is 2. The van der Waals surface area contributed by atoms with Crippen LogP contribution in [0.15, 0.2) is 47.4 Å². The summed E-state index contributed by atoms with van der Waals surface area (Å²) in [6.45, 7) is 0. The lowest BCUT2D eigenvalue weighted by molar-refractivity contribution is -0.137. The van der Waals surface area contributed by atoms with Gasteiger partial charge >= 0.3 is 6.18 Å². The highest BCUT2D eigenvalue weighted by Gasteiger charge is 2.30. The van der Waals surface area contributed by atoms with Gasteiger partial charge in [-0.2, -0.15) is 18.4 Å². The molecule has 8 heteroatoms. The molecule has 0 bridgehead atoms. The molecule has 0 saturated carbocycles. The van der Waals surface area contributed by atoms with Crippen LogP contribution >= 0.6 is 11.3 Å². The van der Waals surface area contributed by atoms with Crippen LogP contribution in [0.2, 0.25) is 0 Å². The molecule has 23 heavy (non-hydrogen) atoms. The number of rotatable bonds is 3. The third kappa shape index (κ3) is 3.90. The lowest BCUT2D eigenvalue weighted by Crippen LogP contribution is -2.15. The summed E-state index contributed by atoms with van der Waals surface area (Å²) in [6, 6.07) is 8.51. The fraction of sp³-hybridized carbons (Fsp3) is 0.0667. The summed E-state index contributed by atoms with van der Waals surface area (Å²) >= 11 is 1.14. The highest BCUT2D eigenvalue weighted by molar-refractivity contribution is 7.11. The predicted octanol–water partition coefficient (Wildman–Crippen LogP) is 4.20. The Balaban J connectivity index is 2.21. The maximum atomic E-state index is 12.5. The Hall–Kier alpha value is -2.79. The highest BCUT2D eigenvalue weighted by Crippen LogP contribution is 2.30. The number of halogens is 3. The molecule has 0 radical (unpaired) electrons. The number of thiophene rings is 1. The first-order valence-corrected chi connectivity index (χ1v) is 7.06. The number of amides is 1. The molecule has 118 valence electrons. The fourth-order valence-corrected chi connectivity index (χ4v) is 2.36. The highest BCUT2D eigenvalue weighted by atomic mass is 32.1. The quantitative estimate of drug-likeness (QED) is 0.500. The Kier molecular flexibility index (Phi) is 4.71. The topological polar surface area (TPSA) is 73.1 Å². The number of nitrogens with one attached hydrogen (secondary N) is 1. The van der Waals surface area contributed by atoms with Crippen molar-refractivity contribution in [2.75, 3.05) is 5.32 Å². The third-order valence-electron chi connectivity index (χ3n) is 2.80. The van der Waals surface area contributed by atoms with Gasteiger partial charge in [-0.05, 0) is 35.7 Å². The van der Waals surface area contributed by atoms with Crippen LogP contribution in [-0.2, 0) is 11.0 Å². The third-order valence-corrected chi connectivity index (χ3v) is 3.68. The molecule has 0 unspecified atom stereocenters. The molecule has 2 aromatic rings. The van der Waals surface area contributed by atoms with Crippen molar-refractivity contribution in [1.29, 1.82) is 5.26 Å². The van der Waals surface area contributed by atoms with Crippen molar-refractivity contribution in [3.63, 3.8) is 0 Å². The van der Waals surface area contributed by atoms with Crippen molar-refractivity contribution < 1.29 is 23.1 Å². The number of nitriles is 1. The zero-order chi connectivity index (χ0) is 17.0. The number of alkyl halides is 3. The average molecular weight is 338 g/mol. The molecule has 0 fully saturated rings. The minimum atomic E-state index is -4.47. The predicted molar refractivity (Wildman–Crippen MR) is 79.6 cm³/mol. The van der Waals surface area contributed by atoms with Gasteiger partial charge in [0.1, 0.15) is 6.07 Å². The molecule has 0 aliphatic rings. The second kappa shape index (κ2) is 6.54. The van der Waals surface area contributed by atoms with Gasteiger partial charge in [-0.15, -0.1) is 11.3 Å². The van der Waals surface area contributed by atoms with Crippen LogP contribution < -0.4 is 5.32 Å². The summed E-state index contributed by atoms with van der Waals surface area (Å²) in [4.78, 5) is 12.3. The molecule has 1 aromatic heterocycles. The fourth-order valence-electron chi connectivity index (χ4n) is 1.68. The second-order valence-corrected chi connectivity index (χ2v) is 5.29. The van der Waals surface area contributed by atoms with E-state index in [-0.39, 0.29) is 5.69 Å². The molecule has 1 amide bonds. The summed E-state index contributed by atoms with van der Waals surface area (Å²) in [5, 5.41) is 22.9. The Morgan fingerprint density at radius 3 is 2.35 bits per heavy atom. The number of nitrogens with zero attached hydrogens (tertiary/aromatic N) is 1. The molecule has 4 nitrogen and oxygen atoms in total.